The number of nitrogens with zero attached hydrogens (tertiary/aromatic N) is 3. The van der Waals surface area contributed by atoms with Crippen LogP contribution in [0.15, 0.2) is 28.7 Å². The molecule has 0 spiro atoms. The molecule has 3 aromatic rings. The molecule has 2 aromatic heterocycles. The maximum absolute atomic E-state index is 13.1. The van der Waals surface area contributed by atoms with E-state index in [1.165, 1.54) is 19.2 Å². The van der Waals surface area contributed by atoms with E-state index in [1.54, 1.807) is 6.07 Å². The van der Waals surface area contributed by atoms with Gasteiger partial charge in [0.2, 0.25) is 5.91 Å². The Bertz CT molecular complexity index is 1270. The second-order valence-electron chi connectivity index (χ2n) is 8.54. The Morgan fingerprint density at radius 3 is 2.37 bits per heavy atom. The van der Waals surface area contributed by atoms with Crippen molar-refractivity contribution in [3.63, 3.8) is 0 Å². The Balaban J connectivity index is 0.00000155. The summed E-state index contributed by atoms with van der Waals surface area (Å²) in [5.41, 5.74) is 12.5. The SMILES string of the molecule is C#C.CCC(C)C(N)=O.CCONOCCCC[N-]c1nc(-c2ccc(OC)c3nc(C(F)(F)F)ccc23)oc1CN.[K+]. The van der Waals surface area contributed by atoms with Crippen LogP contribution in [0.4, 0.5) is 19.0 Å². The molecule has 0 radical (unpaired) electrons. The maximum atomic E-state index is 13.1. The van der Waals surface area contributed by atoms with Gasteiger partial charge in [0.05, 0.1) is 26.9 Å². The number of carbonyl (C=O) groups is 1. The number of primary amides is 1. The number of hydrogen-bond donors (Lipinski definition) is 3. The zero-order valence-electron chi connectivity index (χ0n) is 25.2. The number of benzene rings is 1. The van der Waals surface area contributed by atoms with Crippen LogP contribution in [0.2, 0.25) is 0 Å². The molecule has 43 heavy (non-hydrogen) atoms. The first-order valence-corrected chi connectivity index (χ1v) is 13.1. The predicted octanol–water partition coefficient (Wildman–Crippen LogP) is 2.41. The number of terminal acetylenes is 1. The molecule has 1 amide bonds. The molecule has 0 aliphatic carbocycles. The maximum Gasteiger partial charge on any atom is 1.00 e. The summed E-state index contributed by atoms with van der Waals surface area (Å²) in [5.74, 6) is 0.958. The number of fused-ring (bicyclic) bond motifs is 1. The average molecular weight is 635 g/mol. The quantitative estimate of drug-likeness (QED) is 0.105. The molecule has 0 saturated heterocycles. The summed E-state index contributed by atoms with van der Waals surface area (Å²) < 4.78 is 50.4. The van der Waals surface area contributed by atoms with Gasteiger partial charge in [0.25, 0.3) is 0 Å². The van der Waals surface area contributed by atoms with Crippen LogP contribution in [0.1, 0.15) is 51.5 Å². The van der Waals surface area contributed by atoms with Gasteiger partial charge in [-0.3, -0.25) is 14.5 Å². The molecule has 0 bridgehead atoms. The molecule has 1 aromatic carbocycles. The fourth-order valence-corrected chi connectivity index (χ4v) is 3.23. The number of hydrogen-bond acceptors (Lipinski definition) is 9. The number of nitrogens with one attached hydrogen (secondary N) is 1. The number of unbranched alkanes of at least 4 members (excludes halogenated alkanes) is 1. The van der Waals surface area contributed by atoms with Crippen molar-refractivity contribution in [1.82, 2.24) is 15.6 Å². The van der Waals surface area contributed by atoms with Crippen LogP contribution in [0.3, 0.4) is 0 Å². The van der Waals surface area contributed by atoms with Crippen molar-refractivity contribution >= 4 is 22.6 Å². The number of alkyl halides is 3. The molecule has 5 N–H and O–H groups in total. The number of aromatic nitrogens is 2. The van der Waals surface area contributed by atoms with E-state index >= 15 is 0 Å². The number of rotatable bonds is 14. The fourth-order valence-electron chi connectivity index (χ4n) is 3.23. The van der Waals surface area contributed by atoms with Crippen LogP contribution < -0.4 is 73.2 Å². The largest absolute Gasteiger partial charge is 1.00 e. The van der Waals surface area contributed by atoms with E-state index in [4.69, 9.17) is 30.3 Å². The molecule has 232 valence electrons. The molecule has 3 rings (SSSR count). The summed E-state index contributed by atoms with van der Waals surface area (Å²) in [4.78, 5) is 28.2. The van der Waals surface area contributed by atoms with Gasteiger partial charge < -0.3 is 30.9 Å². The Kier molecular flexibility index (Phi) is 20.3. The minimum absolute atomic E-state index is 0. The van der Waals surface area contributed by atoms with Crippen molar-refractivity contribution in [3.8, 4) is 30.1 Å². The van der Waals surface area contributed by atoms with E-state index in [-0.39, 0.29) is 86.9 Å². The van der Waals surface area contributed by atoms with Crippen LogP contribution in [0.25, 0.3) is 27.7 Å². The van der Waals surface area contributed by atoms with Gasteiger partial charge in [-0.25, -0.2) is 4.98 Å². The number of ether oxygens (including phenoxy) is 1. The van der Waals surface area contributed by atoms with Crippen LogP contribution >= 0.6 is 0 Å². The average Bonchev–Trinajstić information content (AvgIpc) is 3.40. The van der Waals surface area contributed by atoms with E-state index in [0.717, 1.165) is 25.3 Å². The zero-order chi connectivity index (χ0) is 31.7. The van der Waals surface area contributed by atoms with Crippen LogP contribution in [0.5, 0.6) is 5.75 Å². The molecular formula is C28H38F3KN6O5. The van der Waals surface area contributed by atoms with E-state index in [9.17, 15) is 18.0 Å². The Morgan fingerprint density at radius 2 is 1.84 bits per heavy atom. The van der Waals surface area contributed by atoms with Gasteiger partial charge >= 0.3 is 57.6 Å². The van der Waals surface area contributed by atoms with Gasteiger partial charge in [0, 0.05) is 16.9 Å². The molecule has 11 nitrogen and oxygen atoms in total. The number of oxazole rings is 1. The van der Waals surface area contributed by atoms with Crippen molar-refractivity contribution in [3.05, 3.63) is 41.0 Å². The summed E-state index contributed by atoms with van der Waals surface area (Å²) in [5, 5.41) is 4.84. The van der Waals surface area contributed by atoms with Crippen LogP contribution in [0, 0.1) is 18.8 Å². The molecule has 0 fully saturated rings. The van der Waals surface area contributed by atoms with Crippen molar-refractivity contribution in [2.24, 2.45) is 17.4 Å². The molecule has 1 atom stereocenters. The molecule has 15 heteroatoms. The molecule has 0 aliphatic heterocycles. The first-order valence-electron chi connectivity index (χ1n) is 13.1. The summed E-state index contributed by atoms with van der Waals surface area (Å²) in [6, 6.07) is 5.40. The normalized spacial score (nSPS) is 11.3. The van der Waals surface area contributed by atoms with E-state index in [2.05, 4.69) is 33.8 Å². The second-order valence-corrected chi connectivity index (χ2v) is 8.54. The van der Waals surface area contributed by atoms with Crippen molar-refractivity contribution < 1.29 is 88.2 Å². The molecule has 0 saturated carbocycles. The zero-order valence-corrected chi connectivity index (χ0v) is 28.3. The Morgan fingerprint density at radius 1 is 1.14 bits per heavy atom. The van der Waals surface area contributed by atoms with Crippen LogP contribution in [-0.4, -0.2) is 42.7 Å². The molecule has 2 heterocycles. The number of pyridine rings is 1. The van der Waals surface area contributed by atoms with Crippen molar-refractivity contribution in [2.45, 2.75) is 52.8 Å². The van der Waals surface area contributed by atoms with Gasteiger partial charge in [0.1, 0.15) is 28.6 Å². The number of methoxy groups -OCH3 is 1. The van der Waals surface area contributed by atoms with Gasteiger partial charge in [-0.15, -0.1) is 12.8 Å². The number of nitrogens with two attached hydrogens (primary N) is 2. The van der Waals surface area contributed by atoms with Gasteiger partial charge in [0.15, 0.2) is 0 Å². The minimum Gasteiger partial charge on any atom is -0.494 e. The van der Waals surface area contributed by atoms with E-state index in [0.29, 0.717) is 42.3 Å². The van der Waals surface area contributed by atoms with Gasteiger partial charge in [-0.1, -0.05) is 32.5 Å². The molecule has 0 aliphatic rings. The standard InChI is InChI=1S/C21H25F3N5O4.C5H11NO.C2H2.K/c1-3-31-29-32-11-5-4-10-26-19-16(12-25)33-20(28-19)14-6-8-15(30-2)18-13(14)7-9-17(27-18)21(22,23)24;1-3-4(2)5(6)7;1-2;/h6-9,29H,3-5,10-12,25H2,1-2H3;4H,3H2,1-2H3,(H2,6,7);1-2H;/q-1;;;+1. The summed E-state index contributed by atoms with van der Waals surface area (Å²) >= 11 is 0. The third kappa shape index (κ3) is 13.1. The first kappa shape index (κ1) is 40.7. The summed E-state index contributed by atoms with van der Waals surface area (Å²) in [6.07, 6.45) is 5.73. The summed E-state index contributed by atoms with van der Waals surface area (Å²) in [7, 11) is 1.36. The van der Waals surface area contributed by atoms with E-state index in [1.807, 2.05) is 20.8 Å². The third-order valence-electron chi connectivity index (χ3n) is 5.70. The van der Waals surface area contributed by atoms with Crippen molar-refractivity contribution in [1.29, 1.82) is 0 Å². The molecule has 1 unspecified atom stereocenters. The predicted molar refractivity (Wildman–Crippen MR) is 153 cm³/mol. The summed E-state index contributed by atoms with van der Waals surface area (Å²) in [6.45, 7) is 7.08. The van der Waals surface area contributed by atoms with Gasteiger partial charge in [-0.05, 0) is 49.8 Å². The van der Waals surface area contributed by atoms with E-state index < -0.39 is 11.9 Å². The first-order chi connectivity index (χ1) is 20.1. The number of carbonyl (C=O) groups excluding carboxylic acids is 1. The molecular weight excluding hydrogens is 596 g/mol. The number of amides is 1. The van der Waals surface area contributed by atoms with Gasteiger partial charge in [-0.2, -0.15) is 13.2 Å². The monoisotopic (exact) mass is 634 g/mol. The fraction of sp³-hybridized carbons (Fsp3) is 0.464. The smallest absolute Gasteiger partial charge is 0.494 e. The number of halogens is 3. The van der Waals surface area contributed by atoms with Crippen molar-refractivity contribution in [2.75, 3.05) is 26.9 Å². The Labute approximate surface area is 292 Å². The third-order valence-corrected chi connectivity index (χ3v) is 5.70. The van der Waals surface area contributed by atoms with Crippen LogP contribution in [-0.2, 0) is 27.2 Å². The topological polar surface area (TPSA) is 162 Å². The Hall–Kier alpha value is -2.26. The second kappa shape index (κ2) is 21.4. The minimum atomic E-state index is -4.58.